The van der Waals surface area contributed by atoms with Crippen LogP contribution in [0.15, 0.2) is 34.9 Å². The Bertz CT molecular complexity index is 769. The molecule has 1 aromatic carbocycles. The maximum absolute atomic E-state index is 13.3. The van der Waals surface area contributed by atoms with Gasteiger partial charge in [-0.3, -0.25) is 4.79 Å². The van der Waals surface area contributed by atoms with Gasteiger partial charge in [-0.05, 0) is 70.2 Å². The first-order valence-electron chi connectivity index (χ1n) is 9.07. The molecule has 1 aliphatic heterocycles. The first-order chi connectivity index (χ1) is 12.0. The van der Waals surface area contributed by atoms with Gasteiger partial charge in [0.2, 0.25) is 5.91 Å². The number of rotatable bonds is 3. The quantitative estimate of drug-likeness (QED) is 0.790. The van der Waals surface area contributed by atoms with Crippen LogP contribution in [0.4, 0.5) is 0 Å². The smallest absolute Gasteiger partial charge is 0.235 e. The third-order valence-corrected chi connectivity index (χ3v) is 5.97. The van der Waals surface area contributed by atoms with Crippen molar-refractivity contribution in [3.63, 3.8) is 0 Å². The molecule has 2 aromatic rings. The van der Waals surface area contributed by atoms with Gasteiger partial charge >= 0.3 is 0 Å². The first-order valence-corrected chi connectivity index (χ1v) is 9.45. The zero-order valence-electron chi connectivity index (χ0n) is 14.7. The van der Waals surface area contributed by atoms with Crippen molar-refractivity contribution in [1.29, 1.82) is 0 Å². The van der Waals surface area contributed by atoms with E-state index >= 15 is 0 Å². The summed E-state index contributed by atoms with van der Waals surface area (Å²) in [7, 11) is 0. The molecule has 4 rings (SSSR count). The van der Waals surface area contributed by atoms with Gasteiger partial charge in [-0.25, -0.2) is 0 Å². The van der Waals surface area contributed by atoms with Gasteiger partial charge in [0.15, 0.2) is 5.76 Å². The lowest BCUT2D eigenvalue weighted by atomic mass is 9.92. The number of carbonyl (C=O) groups excluding carboxylic acids is 1. The highest BCUT2D eigenvalue weighted by molar-refractivity contribution is 6.30. The molecule has 1 aromatic heterocycles. The van der Waals surface area contributed by atoms with Gasteiger partial charge in [-0.2, -0.15) is 0 Å². The van der Waals surface area contributed by atoms with Crippen LogP contribution in [0.2, 0.25) is 5.02 Å². The van der Waals surface area contributed by atoms with Gasteiger partial charge < -0.3 is 9.42 Å². The molecule has 4 nitrogen and oxygen atoms in total. The number of hydrogen-bond donors (Lipinski definition) is 0. The highest BCUT2D eigenvalue weighted by Crippen LogP contribution is 2.51. The van der Waals surface area contributed by atoms with Crippen molar-refractivity contribution in [2.45, 2.75) is 63.5 Å². The predicted molar refractivity (Wildman–Crippen MR) is 97.5 cm³/mol. The second kappa shape index (κ2) is 6.17. The van der Waals surface area contributed by atoms with Crippen molar-refractivity contribution in [2.75, 3.05) is 0 Å². The summed E-state index contributed by atoms with van der Waals surface area (Å²) in [6.45, 7) is 4.32. The number of benzene rings is 1. The van der Waals surface area contributed by atoms with Crippen molar-refractivity contribution in [1.82, 2.24) is 10.1 Å². The first kappa shape index (κ1) is 16.6. The van der Waals surface area contributed by atoms with Gasteiger partial charge in [0.05, 0.1) is 11.1 Å². The average molecular weight is 359 g/mol. The fourth-order valence-corrected chi connectivity index (χ4v) is 4.15. The van der Waals surface area contributed by atoms with E-state index in [0.717, 1.165) is 36.9 Å². The minimum absolute atomic E-state index is 0.225. The Morgan fingerprint density at radius 3 is 2.44 bits per heavy atom. The molecule has 2 aliphatic rings. The molecule has 2 heterocycles. The van der Waals surface area contributed by atoms with Crippen LogP contribution < -0.4 is 0 Å². The molecular weight excluding hydrogens is 336 g/mol. The van der Waals surface area contributed by atoms with Gasteiger partial charge in [0, 0.05) is 28.7 Å². The van der Waals surface area contributed by atoms with Crippen molar-refractivity contribution < 1.29 is 9.32 Å². The third kappa shape index (κ3) is 2.86. The Kier molecular flexibility index (Phi) is 4.11. The molecule has 0 radical (unpaired) electrons. The van der Waals surface area contributed by atoms with Gasteiger partial charge in [0.1, 0.15) is 0 Å². The average Bonchev–Trinajstić information content (AvgIpc) is 3.26. The lowest BCUT2D eigenvalue weighted by Gasteiger charge is -2.40. The topological polar surface area (TPSA) is 46.3 Å². The van der Waals surface area contributed by atoms with Crippen LogP contribution >= 0.6 is 11.6 Å². The minimum Gasteiger partial charge on any atom is -0.356 e. The van der Waals surface area contributed by atoms with E-state index in [9.17, 15) is 4.79 Å². The van der Waals surface area contributed by atoms with E-state index in [-0.39, 0.29) is 5.91 Å². The van der Waals surface area contributed by atoms with E-state index in [0.29, 0.717) is 22.9 Å². The molecular formula is C20H23ClN2O2. The third-order valence-electron chi connectivity index (χ3n) is 5.72. The molecule has 5 heteroatoms. The summed E-state index contributed by atoms with van der Waals surface area (Å²) in [5, 5.41) is 4.95. The van der Waals surface area contributed by atoms with Crippen molar-refractivity contribution in [2.24, 2.45) is 0 Å². The summed E-state index contributed by atoms with van der Waals surface area (Å²) in [4.78, 5) is 15.4. The molecule has 132 valence electrons. The summed E-state index contributed by atoms with van der Waals surface area (Å²) in [6, 6.07) is 9.99. The number of likely N-dealkylation sites (tertiary alicyclic amines) is 1. The second-order valence-corrected chi connectivity index (χ2v) is 7.94. The number of amides is 1. The number of nitrogens with zero attached hydrogens (tertiary/aromatic N) is 2. The fourth-order valence-electron chi connectivity index (χ4n) is 4.02. The zero-order chi connectivity index (χ0) is 17.6. The Morgan fingerprint density at radius 2 is 1.84 bits per heavy atom. The van der Waals surface area contributed by atoms with Crippen LogP contribution in [0.25, 0.3) is 11.3 Å². The Labute approximate surface area is 153 Å². The van der Waals surface area contributed by atoms with E-state index in [1.807, 2.05) is 30.3 Å². The van der Waals surface area contributed by atoms with Crippen molar-refractivity contribution >= 4 is 17.5 Å². The number of halogens is 1. The van der Waals surface area contributed by atoms with Crippen molar-refractivity contribution in [3.05, 3.63) is 41.0 Å². The second-order valence-electron chi connectivity index (χ2n) is 7.51. The van der Waals surface area contributed by atoms with Crippen LogP contribution in [-0.2, 0) is 10.2 Å². The Balaban J connectivity index is 1.61. The fraction of sp³-hybridized carbons (Fsp3) is 0.500. The lowest BCUT2D eigenvalue weighted by molar-refractivity contribution is -0.140. The summed E-state index contributed by atoms with van der Waals surface area (Å²) in [6.07, 6.45) is 5.08. The van der Waals surface area contributed by atoms with E-state index in [4.69, 9.17) is 16.1 Å². The Morgan fingerprint density at radius 1 is 1.20 bits per heavy atom. The van der Waals surface area contributed by atoms with Crippen LogP contribution in [0.5, 0.6) is 0 Å². The number of aromatic nitrogens is 1. The SMILES string of the molecule is CC1CCCC(C)N1C(=O)C1(c2cc(-c3ccc(Cl)cc3)on2)CC1. The Hall–Kier alpha value is -1.81. The normalized spacial score (nSPS) is 25.0. The van der Waals surface area contributed by atoms with Crippen LogP contribution in [0, 0.1) is 0 Å². The molecule has 1 aliphatic carbocycles. The van der Waals surface area contributed by atoms with Gasteiger partial charge in [-0.15, -0.1) is 0 Å². The highest BCUT2D eigenvalue weighted by Gasteiger charge is 2.56. The maximum Gasteiger partial charge on any atom is 0.235 e. The largest absolute Gasteiger partial charge is 0.356 e. The monoisotopic (exact) mass is 358 g/mol. The van der Waals surface area contributed by atoms with Gasteiger partial charge in [0.25, 0.3) is 0 Å². The number of carbonyl (C=O) groups is 1. The van der Waals surface area contributed by atoms with Gasteiger partial charge in [-0.1, -0.05) is 16.8 Å². The summed E-state index contributed by atoms with van der Waals surface area (Å²) < 4.78 is 5.54. The minimum atomic E-state index is -0.478. The number of hydrogen-bond acceptors (Lipinski definition) is 3. The van der Waals surface area contributed by atoms with Crippen LogP contribution in [0.3, 0.4) is 0 Å². The van der Waals surface area contributed by atoms with Crippen LogP contribution in [0.1, 0.15) is 51.6 Å². The molecule has 1 amide bonds. The standard InChI is InChI=1S/C20H23ClN2O2/c1-13-4-3-5-14(2)23(13)19(24)20(10-11-20)18-12-17(25-22-18)15-6-8-16(21)9-7-15/h6-9,12-14H,3-5,10-11H2,1-2H3. The predicted octanol–water partition coefficient (Wildman–Crippen LogP) is 4.82. The molecule has 25 heavy (non-hydrogen) atoms. The molecule has 2 atom stereocenters. The van der Waals surface area contributed by atoms with Crippen LogP contribution in [-0.4, -0.2) is 28.0 Å². The molecule has 0 bridgehead atoms. The molecule has 1 saturated heterocycles. The van der Waals surface area contributed by atoms with E-state index in [1.165, 1.54) is 6.42 Å². The number of piperidine rings is 1. The summed E-state index contributed by atoms with van der Waals surface area (Å²) >= 11 is 5.95. The lowest BCUT2D eigenvalue weighted by Crippen LogP contribution is -2.51. The van der Waals surface area contributed by atoms with E-state index in [1.54, 1.807) is 0 Å². The maximum atomic E-state index is 13.3. The molecule has 1 saturated carbocycles. The molecule has 0 spiro atoms. The zero-order valence-corrected chi connectivity index (χ0v) is 15.4. The summed E-state index contributed by atoms with van der Waals surface area (Å²) in [5.41, 5.74) is 1.21. The molecule has 2 fully saturated rings. The van der Waals surface area contributed by atoms with Crippen molar-refractivity contribution in [3.8, 4) is 11.3 Å². The van der Waals surface area contributed by atoms with E-state index in [2.05, 4.69) is 23.9 Å². The molecule has 2 unspecified atom stereocenters. The van der Waals surface area contributed by atoms with E-state index < -0.39 is 5.41 Å². The highest BCUT2D eigenvalue weighted by atomic mass is 35.5. The molecule has 0 N–H and O–H groups in total. The summed E-state index contributed by atoms with van der Waals surface area (Å²) in [5.74, 6) is 0.911.